The average molecular weight is 276 g/mol. The number of aromatic nitrogens is 2. The van der Waals surface area contributed by atoms with Crippen molar-refractivity contribution in [2.45, 2.75) is 13.0 Å². The molecule has 0 radical (unpaired) electrons. The molecule has 1 aromatic heterocycles. The van der Waals surface area contributed by atoms with Crippen LogP contribution in [-0.2, 0) is 20.0 Å². The van der Waals surface area contributed by atoms with Gasteiger partial charge in [-0.3, -0.25) is 4.68 Å². The van der Waals surface area contributed by atoms with Crippen molar-refractivity contribution in [3.05, 3.63) is 52.9 Å². The summed E-state index contributed by atoms with van der Waals surface area (Å²) in [4.78, 5) is 0. The van der Waals surface area contributed by atoms with E-state index in [0.717, 1.165) is 24.2 Å². The van der Waals surface area contributed by atoms with E-state index in [-0.39, 0.29) is 17.7 Å². The number of rotatable bonds is 5. The Kier molecular flexibility index (Phi) is 4.43. The molecule has 2 rings (SSSR count). The SMILES string of the molecule is Cn1nccc1CCNCc1c(F)cc(C#N)cc1F. The first-order chi connectivity index (χ1) is 9.61. The lowest BCUT2D eigenvalue weighted by Gasteiger charge is -2.08. The minimum atomic E-state index is -0.699. The second kappa shape index (κ2) is 6.26. The third-order valence-corrected chi connectivity index (χ3v) is 3.05. The van der Waals surface area contributed by atoms with Crippen LogP contribution in [0.2, 0.25) is 0 Å². The van der Waals surface area contributed by atoms with Gasteiger partial charge in [-0.05, 0) is 18.2 Å². The summed E-state index contributed by atoms with van der Waals surface area (Å²) in [5.74, 6) is -1.40. The Labute approximate surface area is 115 Å². The van der Waals surface area contributed by atoms with Crippen LogP contribution in [0, 0.1) is 23.0 Å². The first kappa shape index (κ1) is 14.2. The molecule has 0 spiro atoms. The Hall–Kier alpha value is -2.26. The predicted molar refractivity (Wildman–Crippen MR) is 69.7 cm³/mol. The minimum absolute atomic E-state index is 0.0152. The van der Waals surface area contributed by atoms with Crippen molar-refractivity contribution in [1.29, 1.82) is 5.26 Å². The van der Waals surface area contributed by atoms with Crippen LogP contribution in [0.5, 0.6) is 0 Å². The highest BCUT2D eigenvalue weighted by Crippen LogP contribution is 2.14. The first-order valence-electron chi connectivity index (χ1n) is 6.17. The highest BCUT2D eigenvalue weighted by atomic mass is 19.1. The molecule has 2 aromatic rings. The van der Waals surface area contributed by atoms with Crippen LogP contribution in [0.1, 0.15) is 16.8 Å². The smallest absolute Gasteiger partial charge is 0.131 e. The van der Waals surface area contributed by atoms with Gasteiger partial charge in [0.25, 0.3) is 0 Å². The molecule has 0 saturated heterocycles. The molecule has 1 aromatic carbocycles. The molecule has 1 heterocycles. The van der Waals surface area contributed by atoms with Crippen molar-refractivity contribution in [1.82, 2.24) is 15.1 Å². The first-order valence-corrected chi connectivity index (χ1v) is 6.17. The molecule has 6 heteroatoms. The molecule has 0 bridgehead atoms. The monoisotopic (exact) mass is 276 g/mol. The zero-order valence-corrected chi connectivity index (χ0v) is 11.0. The van der Waals surface area contributed by atoms with E-state index in [9.17, 15) is 8.78 Å². The van der Waals surface area contributed by atoms with E-state index in [1.165, 1.54) is 0 Å². The van der Waals surface area contributed by atoms with Crippen LogP contribution in [0.4, 0.5) is 8.78 Å². The van der Waals surface area contributed by atoms with Gasteiger partial charge in [0, 0.05) is 44.0 Å². The molecule has 4 nitrogen and oxygen atoms in total. The number of halogens is 2. The number of nitriles is 1. The number of hydrogen-bond donors (Lipinski definition) is 1. The van der Waals surface area contributed by atoms with Gasteiger partial charge >= 0.3 is 0 Å². The van der Waals surface area contributed by atoms with Crippen molar-refractivity contribution >= 4 is 0 Å². The van der Waals surface area contributed by atoms with E-state index >= 15 is 0 Å². The number of benzene rings is 1. The third-order valence-electron chi connectivity index (χ3n) is 3.05. The van der Waals surface area contributed by atoms with Crippen LogP contribution in [-0.4, -0.2) is 16.3 Å². The van der Waals surface area contributed by atoms with Gasteiger partial charge < -0.3 is 5.32 Å². The fourth-order valence-corrected chi connectivity index (χ4v) is 1.91. The largest absolute Gasteiger partial charge is 0.312 e. The van der Waals surface area contributed by atoms with Gasteiger partial charge in [0.1, 0.15) is 11.6 Å². The Balaban J connectivity index is 1.92. The van der Waals surface area contributed by atoms with Gasteiger partial charge in [-0.25, -0.2) is 8.78 Å². The van der Waals surface area contributed by atoms with Gasteiger partial charge in [-0.15, -0.1) is 0 Å². The fraction of sp³-hybridized carbons (Fsp3) is 0.286. The highest BCUT2D eigenvalue weighted by molar-refractivity contribution is 5.34. The summed E-state index contributed by atoms with van der Waals surface area (Å²) in [6.07, 6.45) is 2.42. The topological polar surface area (TPSA) is 53.6 Å². The second-order valence-corrected chi connectivity index (χ2v) is 4.40. The summed E-state index contributed by atoms with van der Waals surface area (Å²) in [5.41, 5.74) is 0.978. The van der Waals surface area contributed by atoms with E-state index in [0.29, 0.717) is 6.54 Å². The fourth-order valence-electron chi connectivity index (χ4n) is 1.91. The van der Waals surface area contributed by atoms with Crippen LogP contribution in [0.3, 0.4) is 0 Å². The average Bonchev–Trinajstić information content (AvgIpc) is 2.82. The molecule has 1 N–H and O–H groups in total. The van der Waals surface area contributed by atoms with Crippen LogP contribution < -0.4 is 5.32 Å². The Morgan fingerprint density at radius 1 is 1.35 bits per heavy atom. The van der Waals surface area contributed by atoms with E-state index in [4.69, 9.17) is 5.26 Å². The molecule has 0 aliphatic heterocycles. The zero-order chi connectivity index (χ0) is 14.5. The predicted octanol–water partition coefficient (Wildman–Crippen LogP) is 1.90. The lowest BCUT2D eigenvalue weighted by Crippen LogP contribution is -2.19. The number of nitrogens with one attached hydrogen (secondary N) is 1. The normalized spacial score (nSPS) is 10.5. The van der Waals surface area contributed by atoms with Crippen molar-refractivity contribution in [2.24, 2.45) is 7.05 Å². The van der Waals surface area contributed by atoms with Crippen molar-refractivity contribution in [2.75, 3.05) is 6.54 Å². The molecule has 0 unspecified atom stereocenters. The minimum Gasteiger partial charge on any atom is -0.312 e. The maximum absolute atomic E-state index is 13.6. The number of nitrogens with zero attached hydrogens (tertiary/aromatic N) is 3. The summed E-state index contributed by atoms with van der Waals surface area (Å²) in [6.45, 7) is 0.666. The molecule has 0 aliphatic rings. The van der Waals surface area contributed by atoms with E-state index in [1.54, 1.807) is 16.9 Å². The van der Waals surface area contributed by atoms with Crippen molar-refractivity contribution in [3.8, 4) is 6.07 Å². The molecule has 0 amide bonds. The highest BCUT2D eigenvalue weighted by Gasteiger charge is 2.10. The van der Waals surface area contributed by atoms with Crippen LogP contribution >= 0.6 is 0 Å². The maximum Gasteiger partial charge on any atom is 0.131 e. The molecular weight excluding hydrogens is 262 g/mol. The summed E-state index contributed by atoms with van der Waals surface area (Å²) < 4.78 is 29.0. The summed E-state index contributed by atoms with van der Waals surface area (Å²) in [5, 5.41) is 15.6. The molecule has 0 saturated carbocycles. The van der Waals surface area contributed by atoms with Crippen LogP contribution in [0.25, 0.3) is 0 Å². The van der Waals surface area contributed by atoms with Gasteiger partial charge in [0.15, 0.2) is 0 Å². The second-order valence-electron chi connectivity index (χ2n) is 4.40. The third kappa shape index (κ3) is 3.19. The lowest BCUT2D eigenvalue weighted by atomic mass is 10.1. The summed E-state index contributed by atoms with van der Waals surface area (Å²) >= 11 is 0. The van der Waals surface area contributed by atoms with Gasteiger partial charge in [0.05, 0.1) is 11.6 Å². The molecule has 20 heavy (non-hydrogen) atoms. The van der Waals surface area contributed by atoms with Gasteiger partial charge in [-0.2, -0.15) is 10.4 Å². The lowest BCUT2D eigenvalue weighted by molar-refractivity contribution is 0.533. The Morgan fingerprint density at radius 3 is 2.60 bits per heavy atom. The van der Waals surface area contributed by atoms with Gasteiger partial charge in [-0.1, -0.05) is 0 Å². The summed E-state index contributed by atoms with van der Waals surface area (Å²) in [6, 6.07) is 5.70. The van der Waals surface area contributed by atoms with Crippen molar-refractivity contribution in [3.63, 3.8) is 0 Å². The molecular formula is C14H14F2N4. The molecule has 0 fully saturated rings. The zero-order valence-electron chi connectivity index (χ0n) is 11.0. The number of aryl methyl sites for hydroxylation is 1. The van der Waals surface area contributed by atoms with E-state index in [2.05, 4.69) is 10.4 Å². The quantitative estimate of drug-likeness (QED) is 0.849. The number of hydrogen-bond acceptors (Lipinski definition) is 3. The standard InChI is InChI=1S/C14H14F2N4/c1-20-11(3-5-19-20)2-4-18-9-12-13(15)6-10(8-17)7-14(12)16/h3,5-7,18H,2,4,9H2,1H3. The van der Waals surface area contributed by atoms with E-state index in [1.807, 2.05) is 13.1 Å². The maximum atomic E-state index is 13.6. The summed E-state index contributed by atoms with van der Waals surface area (Å²) in [7, 11) is 1.84. The molecule has 0 atom stereocenters. The van der Waals surface area contributed by atoms with Crippen molar-refractivity contribution < 1.29 is 8.78 Å². The van der Waals surface area contributed by atoms with E-state index < -0.39 is 11.6 Å². The molecule has 0 aliphatic carbocycles. The van der Waals surface area contributed by atoms with Crippen LogP contribution in [0.15, 0.2) is 24.4 Å². The molecule has 104 valence electrons. The Bertz CT molecular complexity index is 620. The Morgan fingerprint density at radius 2 is 2.05 bits per heavy atom. The van der Waals surface area contributed by atoms with Gasteiger partial charge in [0.2, 0.25) is 0 Å².